The SMILES string of the molecule is C[C@](O)(COc1ccc(Cl)cc1)C1OC1Nc1ccc([N+](=O)[O-])c(C(F)(F)F)c1. The van der Waals surface area contributed by atoms with E-state index in [1.807, 2.05) is 0 Å². The van der Waals surface area contributed by atoms with Crippen LogP contribution < -0.4 is 10.1 Å². The third-order valence-corrected chi connectivity index (χ3v) is 4.51. The molecule has 0 saturated carbocycles. The highest BCUT2D eigenvalue weighted by atomic mass is 35.5. The molecule has 156 valence electrons. The van der Waals surface area contributed by atoms with Crippen molar-refractivity contribution in [1.82, 2.24) is 0 Å². The van der Waals surface area contributed by atoms with Crippen molar-refractivity contribution in [3.05, 3.63) is 63.2 Å². The van der Waals surface area contributed by atoms with Crippen LogP contribution in [0.15, 0.2) is 42.5 Å². The molecular weight excluding hydrogens is 417 g/mol. The van der Waals surface area contributed by atoms with Crippen molar-refractivity contribution < 1.29 is 32.7 Å². The number of hydrogen-bond donors (Lipinski definition) is 2. The molecule has 0 bridgehead atoms. The molecule has 2 aromatic rings. The van der Waals surface area contributed by atoms with Gasteiger partial charge in [-0.05, 0) is 43.3 Å². The molecule has 29 heavy (non-hydrogen) atoms. The second kappa shape index (κ2) is 7.69. The maximum atomic E-state index is 13.1. The fraction of sp³-hybridized carbons (Fsp3) is 0.333. The molecule has 7 nitrogen and oxygen atoms in total. The van der Waals surface area contributed by atoms with Crippen LogP contribution in [0.25, 0.3) is 0 Å². The van der Waals surface area contributed by atoms with Crippen molar-refractivity contribution >= 4 is 23.0 Å². The zero-order valence-electron chi connectivity index (χ0n) is 14.9. The van der Waals surface area contributed by atoms with E-state index in [1.54, 1.807) is 24.3 Å². The van der Waals surface area contributed by atoms with Crippen LogP contribution >= 0.6 is 11.6 Å². The van der Waals surface area contributed by atoms with Crippen molar-refractivity contribution in [3.63, 3.8) is 0 Å². The maximum Gasteiger partial charge on any atom is 0.423 e. The van der Waals surface area contributed by atoms with Gasteiger partial charge in [-0.15, -0.1) is 0 Å². The zero-order chi connectivity index (χ0) is 21.4. The Bertz CT molecular complexity index is 905. The molecule has 2 aromatic carbocycles. The molecule has 0 amide bonds. The van der Waals surface area contributed by atoms with Crippen LogP contribution in [-0.2, 0) is 10.9 Å². The van der Waals surface area contributed by atoms with Gasteiger partial charge in [-0.2, -0.15) is 13.2 Å². The number of ether oxygens (including phenoxy) is 2. The molecule has 1 aliphatic rings. The largest absolute Gasteiger partial charge is 0.490 e. The lowest BCUT2D eigenvalue weighted by molar-refractivity contribution is -0.388. The first-order valence-electron chi connectivity index (χ1n) is 8.36. The minimum absolute atomic E-state index is 0.0233. The summed E-state index contributed by atoms with van der Waals surface area (Å²) < 4.78 is 50.0. The number of nitrogens with zero attached hydrogens (tertiary/aromatic N) is 1. The molecule has 2 unspecified atom stereocenters. The number of nitro benzene ring substituents is 1. The Labute approximate surface area is 168 Å². The first-order chi connectivity index (χ1) is 13.5. The van der Waals surface area contributed by atoms with E-state index in [0.717, 1.165) is 12.1 Å². The molecule has 3 atom stereocenters. The third-order valence-electron chi connectivity index (χ3n) is 4.26. The first-order valence-corrected chi connectivity index (χ1v) is 8.73. The summed E-state index contributed by atoms with van der Waals surface area (Å²) in [5, 5.41) is 24.6. The summed E-state index contributed by atoms with van der Waals surface area (Å²) in [5.74, 6) is 0.477. The second-order valence-electron chi connectivity index (χ2n) is 6.71. The van der Waals surface area contributed by atoms with Crippen LogP contribution in [0.4, 0.5) is 24.5 Å². The summed E-state index contributed by atoms with van der Waals surface area (Å²) in [5.41, 5.74) is -3.88. The van der Waals surface area contributed by atoms with Crippen molar-refractivity contribution in [1.29, 1.82) is 0 Å². The molecule has 1 heterocycles. The summed E-state index contributed by atoms with van der Waals surface area (Å²) in [4.78, 5) is 9.72. The van der Waals surface area contributed by atoms with Crippen molar-refractivity contribution in [2.75, 3.05) is 11.9 Å². The molecule has 1 fully saturated rings. The number of nitrogens with one attached hydrogen (secondary N) is 1. The monoisotopic (exact) mass is 432 g/mol. The molecule has 2 N–H and O–H groups in total. The van der Waals surface area contributed by atoms with Gasteiger partial charge in [0.05, 0.1) is 4.92 Å². The van der Waals surface area contributed by atoms with Crippen molar-refractivity contribution in [3.8, 4) is 5.75 Å². The van der Waals surface area contributed by atoms with Gasteiger partial charge >= 0.3 is 6.18 Å². The number of rotatable bonds is 7. The fourth-order valence-electron chi connectivity index (χ4n) is 2.71. The van der Waals surface area contributed by atoms with Crippen LogP contribution in [0.2, 0.25) is 5.02 Å². The summed E-state index contributed by atoms with van der Waals surface area (Å²) in [6.07, 6.45) is -6.41. The highest BCUT2D eigenvalue weighted by molar-refractivity contribution is 6.30. The highest BCUT2D eigenvalue weighted by Crippen LogP contribution is 2.39. The van der Waals surface area contributed by atoms with Gasteiger partial charge < -0.3 is 19.9 Å². The Morgan fingerprint density at radius 3 is 2.52 bits per heavy atom. The summed E-state index contributed by atoms with van der Waals surface area (Å²) >= 11 is 5.78. The van der Waals surface area contributed by atoms with E-state index in [2.05, 4.69) is 5.32 Å². The summed E-state index contributed by atoms with van der Waals surface area (Å²) in [6, 6.07) is 9.03. The number of alkyl halides is 3. The van der Waals surface area contributed by atoms with Gasteiger partial charge in [0.1, 0.15) is 29.6 Å². The van der Waals surface area contributed by atoms with Crippen LogP contribution in [0.5, 0.6) is 5.75 Å². The van der Waals surface area contributed by atoms with E-state index in [9.17, 15) is 28.4 Å². The normalized spacial score (nSPS) is 20.6. The van der Waals surface area contributed by atoms with Crippen LogP contribution in [0.3, 0.4) is 0 Å². The van der Waals surface area contributed by atoms with Crippen LogP contribution in [0.1, 0.15) is 12.5 Å². The molecule has 3 rings (SSSR count). The molecule has 0 radical (unpaired) electrons. The minimum Gasteiger partial charge on any atom is -0.490 e. The third kappa shape index (κ3) is 5.08. The van der Waals surface area contributed by atoms with Gasteiger partial charge in [-0.25, -0.2) is 0 Å². The van der Waals surface area contributed by atoms with Gasteiger partial charge in [0.2, 0.25) is 0 Å². The zero-order valence-corrected chi connectivity index (χ0v) is 15.7. The quantitative estimate of drug-likeness (QED) is 0.386. The number of halogens is 4. The smallest absolute Gasteiger partial charge is 0.423 e. The molecule has 1 saturated heterocycles. The van der Waals surface area contributed by atoms with Gasteiger partial charge in [0, 0.05) is 16.8 Å². The summed E-state index contributed by atoms with van der Waals surface area (Å²) in [6.45, 7) is 1.33. The van der Waals surface area contributed by atoms with E-state index >= 15 is 0 Å². The van der Waals surface area contributed by atoms with E-state index in [4.69, 9.17) is 21.1 Å². The van der Waals surface area contributed by atoms with Crippen LogP contribution in [0, 0.1) is 10.1 Å². The molecule has 0 aromatic heterocycles. The average Bonchev–Trinajstić information content (AvgIpc) is 3.40. The number of anilines is 1. The Morgan fingerprint density at radius 2 is 1.93 bits per heavy atom. The number of hydrogen-bond acceptors (Lipinski definition) is 6. The van der Waals surface area contributed by atoms with E-state index in [1.165, 1.54) is 6.92 Å². The predicted molar refractivity (Wildman–Crippen MR) is 98.0 cm³/mol. The molecular formula is C18H16ClF3N2O5. The standard InChI is InChI=1S/C18H16ClF3N2O5/c1-17(25,9-28-12-5-2-10(19)3-6-12)15-16(29-15)23-11-4-7-14(24(26)27)13(8-11)18(20,21)22/h2-8,15-16,23,25H,9H2,1H3/t15?,16?,17-/m0/s1. The lowest BCUT2D eigenvalue weighted by Crippen LogP contribution is -2.40. The van der Waals surface area contributed by atoms with Crippen LogP contribution in [-0.4, -0.2) is 34.6 Å². The second-order valence-corrected chi connectivity index (χ2v) is 7.14. The van der Waals surface area contributed by atoms with E-state index < -0.39 is 40.3 Å². The Kier molecular flexibility index (Phi) is 5.61. The predicted octanol–water partition coefficient (Wildman–Crippen LogP) is 4.23. The van der Waals surface area contributed by atoms with Gasteiger partial charge in [-0.3, -0.25) is 10.1 Å². The highest BCUT2D eigenvalue weighted by Gasteiger charge is 2.52. The summed E-state index contributed by atoms with van der Waals surface area (Å²) in [7, 11) is 0. The number of nitro groups is 1. The minimum atomic E-state index is -4.89. The molecule has 11 heteroatoms. The Morgan fingerprint density at radius 1 is 1.28 bits per heavy atom. The van der Waals surface area contributed by atoms with Gasteiger partial charge in [0.25, 0.3) is 5.69 Å². The average molecular weight is 433 g/mol. The van der Waals surface area contributed by atoms with Gasteiger partial charge in [-0.1, -0.05) is 11.6 Å². The number of epoxide rings is 1. The fourth-order valence-corrected chi connectivity index (χ4v) is 2.84. The van der Waals surface area contributed by atoms with Crippen molar-refractivity contribution in [2.45, 2.75) is 31.0 Å². The number of benzene rings is 2. The van der Waals surface area contributed by atoms with Gasteiger partial charge in [0.15, 0.2) is 6.23 Å². The molecule has 0 aliphatic carbocycles. The number of aliphatic hydroxyl groups is 1. The van der Waals surface area contributed by atoms with E-state index in [-0.39, 0.29) is 12.3 Å². The molecule has 0 spiro atoms. The first kappa shape index (κ1) is 21.2. The topological polar surface area (TPSA) is 97.2 Å². The lowest BCUT2D eigenvalue weighted by Gasteiger charge is -2.21. The van der Waals surface area contributed by atoms with Crippen molar-refractivity contribution in [2.24, 2.45) is 0 Å². The Hall–Kier alpha value is -2.56. The maximum absolute atomic E-state index is 13.1. The Balaban J connectivity index is 1.64. The lowest BCUT2D eigenvalue weighted by atomic mass is 10.0. The molecule has 1 aliphatic heterocycles. The van der Waals surface area contributed by atoms with E-state index in [0.29, 0.717) is 16.8 Å².